The molecule has 0 amide bonds. The van der Waals surface area contributed by atoms with Gasteiger partial charge in [0, 0.05) is 6.20 Å². The van der Waals surface area contributed by atoms with E-state index in [9.17, 15) is 0 Å². The molecule has 1 aromatic rings. The molecule has 0 bridgehead atoms. The SMILES string of the molecule is Brc1cc(C2CC2)ccn1. The van der Waals surface area contributed by atoms with Gasteiger partial charge in [0.1, 0.15) is 4.60 Å². The topological polar surface area (TPSA) is 12.9 Å². The van der Waals surface area contributed by atoms with Crippen LogP contribution in [0.1, 0.15) is 24.3 Å². The van der Waals surface area contributed by atoms with Crippen LogP contribution in [0.3, 0.4) is 0 Å². The van der Waals surface area contributed by atoms with E-state index in [1.165, 1.54) is 18.4 Å². The Hall–Kier alpha value is -0.370. The number of halogens is 1. The van der Waals surface area contributed by atoms with Crippen molar-refractivity contribution in [3.05, 3.63) is 28.5 Å². The van der Waals surface area contributed by atoms with Crippen molar-refractivity contribution >= 4 is 15.9 Å². The second-order valence-corrected chi connectivity index (χ2v) is 3.50. The minimum absolute atomic E-state index is 0.833. The summed E-state index contributed by atoms with van der Waals surface area (Å²) in [4.78, 5) is 4.07. The van der Waals surface area contributed by atoms with Crippen molar-refractivity contribution in [2.75, 3.05) is 0 Å². The van der Waals surface area contributed by atoms with E-state index in [0.29, 0.717) is 0 Å². The Balaban J connectivity index is 2.32. The van der Waals surface area contributed by atoms with E-state index in [1.54, 1.807) is 0 Å². The summed E-state index contributed by atoms with van der Waals surface area (Å²) in [5, 5.41) is 0. The van der Waals surface area contributed by atoms with Crippen LogP contribution >= 0.6 is 15.9 Å². The lowest BCUT2D eigenvalue weighted by Crippen LogP contribution is -1.80. The second-order valence-electron chi connectivity index (χ2n) is 2.69. The van der Waals surface area contributed by atoms with Gasteiger partial charge in [-0.2, -0.15) is 0 Å². The molecule has 2 rings (SSSR count). The highest BCUT2D eigenvalue weighted by Gasteiger charge is 2.23. The first kappa shape index (κ1) is 6.35. The standard InChI is InChI=1S/C8H8BrN/c9-8-5-7(3-4-10-8)6-1-2-6/h3-6H,1-2H2. The van der Waals surface area contributed by atoms with Crippen LogP contribution in [0.2, 0.25) is 0 Å². The Morgan fingerprint density at radius 1 is 1.50 bits per heavy atom. The fourth-order valence-electron chi connectivity index (χ4n) is 1.09. The van der Waals surface area contributed by atoms with Gasteiger partial charge >= 0.3 is 0 Å². The molecule has 2 heteroatoms. The molecule has 0 spiro atoms. The fraction of sp³-hybridized carbons (Fsp3) is 0.375. The first-order valence-corrected chi connectivity index (χ1v) is 4.27. The molecule has 1 heterocycles. The molecule has 1 aliphatic carbocycles. The lowest BCUT2D eigenvalue weighted by atomic mass is 10.2. The number of rotatable bonds is 1. The molecule has 10 heavy (non-hydrogen) atoms. The molecule has 52 valence electrons. The summed E-state index contributed by atoms with van der Waals surface area (Å²) in [6.07, 6.45) is 4.57. The first-order chi connectivity index (χ1) is 4.86. The number of hydrogen-bond donors (Lipinski definition) is 0. The molecular weight excluding hydrogens is 190 g/mol. The van der Waals surface area contributed by atoms with Gasteiger partial charge in [0.25, 0.3) is 0 Å². The van der Waals surface area contributed by atoms with Gasteiger partial charge in [-0.25, -0.2) is 4.98 Å². The monoisotopic (exact) mass is 197 g/mol. The zero-order valence-corrected chi connectivity index (χ0v) is 7.13. The minimum atomic E-state index is 0.833. The highest BCUT2D eigenvalue weighted by molar-refractivity contribution is 9.10. The normalized spacial score (nSPS) is 17.3. The van der Waals surface area contributed by atoms with Crippen LogP contribution in [-0.4, -0.2) is 4.98 Å². The van der Waals surface area contributed by atoms with E-state index in [1.807, 2.05) is 6.20 Å². The Labute approximate surface area is 68.6 Å². The zero-order valence-electron chi connectivity index (χ0n) is 5.55. The molecule has 1 aromatic heterocycles. The van der Waals surface area contributed by atoms with Gasteiger partial charge in [-0.05, 0) is 52.4 Å². The third kappa shape index (κ3) is 1.21. The van der Waals surface area contributed by atoms with E-state index in [4.69, 9.17) is 0 Å². The maximum Gasteiger partial charge on any atom is 0.106 e. The lowest BCUT2D eigenvalue weighted by molar-refractivity contribution is 1.10. The summed E-state index contributed by atoms with van der Waals surface area (Å²) in [6.45, 7) is 0. The third-order valence-electron chi connectivity index (χ3n) is 1.80. The average Bonchev–Trinajstić information content (AvgIpc) is 2.68. The van der Waals surface area contributed by atoms with E-state index in [0.717, 1.165) is 10.5 Å². The van der Waals surface area contributed by atoms with Crippen molar-refractivity contribution in [2.24, 2.45) is 0 Å². The minimum Gasteiger partial charge on any atom is -0.249 e. The van der Waals surface area contributed by atoms with Crippen LogP contribution in [0.25, 0.3) is 0 Å². The molecule has 0 N–H and O–H groups in total. The van der Waals surface area contributed by atoms with Gasteiger partial charge < -0.3 is 0 Å². The number of hydrogen-bond acceptors (Lipinski definition) is 1. The van der Waals surface area contributed by atoms with Gasteiger partial charge in [0.2, 0.25) is 0 Å². The summed E-state index contributed by atoms with van der Waals surface area (Å²) >= 11 is 3.35. The summed E-state index contributed by atoms with van der Waals surface area (Å²) in [6, 6.07) is 4.21. The molecule has 0 saturated heterocycles. The highest BCUT2D eigenvalue weighted by Crippen LogP contribution is 2.40. The van der Waals surface area contributed by atoms with Crippen LogP contribution in [0.4, 0.5) is 0 Å². The molecule has 0 atom stereocenters. The molecule has 0 aromatic carbocycles. The molecule has 1 aliphatic rings. The Morgan fingerprint density at radius 2 is 2.30 bits per heavy atom. The van der Waals surface area contributed by atoms with Gasteiger partial charge in [-0.15, -0.1) is 0 Å². The van der Waals surface area contributed by atoms with E-state index in [2.05, 4.69) is 33.0 Å². The third-order valence-corrected chi connectivity index (χ3v) is 2.23. The van der Waals surface area contributed by atoms with E-state index < -0.39 is 0 Å². The van der Waals surface area contributed by atoms with Gasteiger partial charge in [-0.3, -0.25) is 0 Å². The number of aromatic nitrogens is 1. The lowest BCUT2D eigenvalue weighted by Gasteiger charge is -1.95. The van der Waals surface area contributed by atoms with Crippen LogP contribution in [0.5, 0.6) is 0 Å². The highest BCUT2D eigenvalue weighted by atomic mass is 79.9. The predicted molar refractivity (Wildman–Crippen MR) is 43.9 cm³/mol. The quantitative estimate of drug-likeness (QED) is 0.632. The Kier molecular flexibility index (Phi) is 1.49. The van der Waals surface area contributed by atoms with Gasteiger partial charge in [-0.1, -0.05) is 0 Å². The van der Waals surface area contributed by atoms with Crippen molar-refractivity contribution < 1.29 is 0 Å². The number of pyridine rings is 1. The predicted octanol–water partition coefficient (Wildman–Crippen LogP) is 2.72. The van der Waals surface area contributed by atoms with Crippen molar-refractivity contribution in [3.63, 3.8) is 0 Å². The van der Waals surface area contributed by atoms with Crippen molar-refractivity contribution in [1.29, 1.82) is 0 Å². The van der Waals surface area contributed by atoms with E-state index >= 15 is 0 Å². The molecule has 0 radical (unpaired) electrons. The van der Waals surface area contributed by atoms with Crippen LogP contribution in [0, 0.1) is 0 Å². The summed E-state index contributed by atoms with van der Waals surface area (Å²) in [7, 11) is 0. The molecule has 0 unspecified atom stereocenters. The van der Waals surface area contributed by atoms with Crippen molar-refractivity contribution in [3.8, 4) is 0 Å². The summed E-state index contributed by atoms with van der Waals surface area (Å²) in [5.41, 5.74) is 1.43. The summed E-state index contributed by atoms with van der Waals surface area (Å²) in [5.74, 6) is 0.833. The van der Waals surface area contributed by atoms with Gasteiger partial charge in [0.05, 0.1) is 0 Å². The van der Waals surface area contributed by atoms with Crippen LogP contribution < -0.4 is 0 Å². The fourth-order valence-corrected chi connectivity index (χ4v) is 1.47. The molecule has 1 nitrogen and oxygen atoms in total. The number of nitrogens with zero attached hydrogens (tertiary/aromatic N) is 1. The second kappa shape index (κ2) is 2.35. The largest absolute Gasteiger partial charge is 0.249 e. The molecule has 1 fully saturated rings. The van der Waals surface area contributed by atoms with Crippen LogP contribution in [-0.2, 0) is 0 Å². The van der Waals surface area contributed by atoms with Crippen molar-refractivity contribution in [2.45, 2.75) is 18.8 Å². The smallest absolute Gasteiger partial charge is 0.106 e. The summed E-state index contributed by atoms with van der Waals surface area (Å²) < 4.78 is 0.955. The maximum absolute atomic E-state index is 4.07. The molecule has 0 aliphatic heterocycles. The van der Waals surface area contributed by atoms with Gasteiger partial charge in [0.15, 0.2) is 0 Å². The first-order valence-electron chi connectivity index (χ1n) is 3.48. The maximum atomic E-state index is 4.07. The van der Waals surface area contributed by atoms with Crippen molar-refractivity contribution in [1.82, 2.24) is 4.98 Å². The Bertz CT molecular complexity index is 243. The molecule has 1 saturated carbocycles. The Morgan fingerprint density at radius 3 is 2.90 bits per heavy atom. The van der Waals surface area contributed by atoms with E-state index in [-0.39, 0.29) is 0 Å². The zero-order chi connectivity index (χ0) is 6.97. The molecular formula is C8H8BrN. The van der Waals surface area contributed by atoms with Crippen LogP contribution in [0.15, 0.2) is 22.9 Å². The average molecular weight is 198 g/mol.